The highest BCUT2D eigenvalue weighted by atomic mass is 19.4. The fraction of sp³-hybridized carbons (Fsp3) is 0.500. The second-order valence-corrected chi connectivity index (χ2v) is 11.9. The molecule has 4 rings (SSSR count). The van der Waals surface area contributed by atoms with Crippen molar-refractivity contribution in [1.29, 1.82) is 0 Å². The SMILES string of the molecule is CN=C(c1ccc(C(=O)Nc2cc(C(F)(F)F)ccn2)cc1)c1c(C)ncnc1N.COCCOCCOCCOCCC(=O)N1CCCC(C)C1. The number of aryl methyl sites for hydroxylation is 1. The minimum Gasteiger partial charge on any atom is -0.383 e. The summed E-state index contributed by atoms with van der Waals surface area (Å²) in [6.07, 6.45) is 0.631. The molecule has 0 saturated carbocycles. The summed E-state index contributed by atoms with van der Waals surface area (Å²) in [7, 11) is 3.24. The van der Waals surface area contributed by atoms with E-state index in [-0.39, 0.29) is 23.1 Å². The lowest BCUT2D eigenvalue weighted by Crippen LogP contribution is -2.39. The van der Waals surface area contributed by atoms with Crippen LogP contribution in [0.15, 0.2) is 53.9 Å². The molecule has 3 N–H and O–H groups in total. The van der Waals surface area contributed by atoms with Crippen LogP contribution in [0, 0.1) is 12.8 Å². The van der Waals surface area contributed by atoms with Crippen molar-refractivity contribution in [3.63, 3.8) is 0 Å². The summed E-state index contributed by atoms with van der Waals surface area (Å²) >= 11 is 0. The van der Waals surface area contributed by atoms with E-state index >= 15 is 0 Å². The molecule has 284 valence electrons. The first-order valence-electron chi connectivity index (χ1n) is 16.9. The highest BCUT2D eigenvalue weighted by Crippen LogP contribution is 2.30. The minimum absolute atomic E-state index is 0.195. The summed E-state index contributed by atoms with van der Waals surface area (Å²) in [5.41, 5.74) is 7.77. The number of nitrogen functional groups attached to an aromatic ring is 1. The summed E-state index contributed by atoms with van der Waals surface area (Å²) < 4.78 is 59.4. The lowest BCUT2D eigenvalue weighted by atomic mass is 10.00. The number of hydrogen-bond acceptors (Lipinski definition) is 11. The van der Waals surface area contributed by atoms with E-state index in [0.29, 0.717) is 81.1 Å². The van der Waals surface area contributed by atoms with Gasteiger partial charge in [0.15, 0.2) is 0 Å². The van der Waals surface area contributed by atoms with Crippen molar-refractivity contribution in [3.05, 3.63) is 76.9 Å². The van der Waals surface area contributed by atoms with Crippen LogP contribution in [0.25, 0.3) is 0 Å². The van der Waals surface area contributed by atoms with Crippen LogP contribution in [0.4, 0.5) is 24.8 Å². The van der Waals surface area contributed by atoms with Crippen molar-refractivity contribution in [2.45, 2.75) is 39.3 Å². The van der Waals surface area contributed by atoms with E-state index in [2.05, 4.69) is 32.2 Å². The van der Waals surface area contributed by atoms with Crippen LogP contribution < -0.4 is 11.1 Å². The number of rotatable bonds is 16. The van der Waals surface area contributed by atoms with Crippen molar-refractivity contribution < 1.29 is 41.7 Å². The van der Waals surface area contributed by atoms with Crippen molar-refractivity contribution in [3.8, 4) is 0 Å². The Balaban J connectivity index is 0.000000295. The van der Waals surface area contributed by atoms with Gasteiger partial charge in [-0.05, 0) is 49.9 Å². The van der Waals surface area contributed by atoms with E-state index in [0.717, 1.165) is 37.8 Å². The Bertz CT molecular complexity index is 1570. The topological polar surface area (TPSA) is 163 Å². The molecule has 3 heterocycles. The molecule has 16 heteroatoms. The highest BCUT2D eigenvalue weighted by molar-refractivity contribution is 6.16. The monoisotopic (exact) mass is 731 g/mol. The summed E-state index contributed by atoms with van der Waals surface area (Å²) in [6.45, 7) is 9.60. The quantitative estimate of drug-likeness (QED) is 0.154. The summed E-state index contributed by atoms with van der Waals surface area (Å²) in [4.78, 5) is 42.5. The highest BCUT2D eigenvalue weighted by Gasteiger charge is 2.31. The average molecular weight is 732 g/mol. The van der Waals surface area contributed by atoms with Crippen molar-refractivity contribution >= 4 is 29.2 Å². The predicted octanol–water partition coefficient (Wildman–Crippen LogP) is 4.83. The number of alkyl halides is 3. The number of nitrogens with one attached hydrogen (secondary N) is 1. The van der Waals surface area contributed by atoms with Crippen LogP contribution in [0.5, 0.6) is 0 Å². The molecule has 0 spiro atoms. The number of benzene rings is 1. The van der Waals surface area contributed by atoms with E-state index in [4.69, 9.17) is 24.7 Å². The van der Waals surface area contributed by atoms with E-state index in [9.17, 15) is 22.8 Å². The second-order valence-electron chi connectivity index (χ2n) is 11.9. The zero-order valence-corrected chi connectivity index (χ0v) is 30.1. The number of carbonyl (C=O) groups is 2. The Morgan fingerprint density at radius 2 is 1.60 bits per heavy atom. The zero-order chi connectivity index (χ0) is 37.9. The number of nitrogens with two attached hydrogens (primary N) is 1. The first kappa shape index (κ1) is 41.9. The maximum Gasteiger partial charge on any atom is 0.416 e. The maximum absolute atomic E-state index is 12.8. The number of methoxy groups -OCH3 is 1. The molecule has 0 radical (unpaired) electrons. The van der Waals surface area contributed by atoms with Crippen molar-refractivity contribution in [1.82, 2.24) is 19.9 Å². The Kier molecular flexibility index (Phi) is 17.5. The maximum atomic E-state index is 12.8. The predicted molar refractivity (Wildman–Crippen MR) is 190 cm³/mol. The van der Waals surface area contributed by atoms with Gasteiger partial charge in [0.05, 0.1) is 75.2 Å². The van der Waals surface area contributed by atoms with Crippen LogP contribution in [0.3, 0.4) is 0 Å². The fourth-order valence-electron chi connectivity index (χ4n) is 5.23. The van der Waals surface area contributed by atoms with Crippen molar-refractivity contribution in [2.75, 3.05) is 84.5 Å². The number of hydrogen-bond donors (Lipinski definition) is 2. The van der Waals surface area contributed by atoms with Gasteiger partial charge >= 0.3 is 6.18 Å². The van der Waals surface area contributed by atoms with Gasteiger partial charge in [-0.1, -0.05) is 19.1 Å². The molecule has 1 aromatic carbocycles. The molecular formula is C36H48F3N7O6. The number of pyridine rings is 1. The molecule has 1 aliphatic heterocycles. The van der Waals surface area contributed by atoms with Gasteiger partial charge in [0.25, 0.3) is 5.91 Å². The first-order valence-corrected chi connectivity index (χ1v) is 16.9. The number of halogens is 3. The number of likely N-dealkylation sites (tertiary alicyclic amines) is 1. The molecule has 2 amide bonds. The summed E-state index contributed by atoms with van der Waals surface area (Å²) in [5.74, 6) is 0.319. The largest absolute Gasteiger partial charge is 0.416 e. The first-order chi connectivity index (χ1) is 24.9. The fourth-order valence-corrected chi connectivity index (χ4v) is 5.23. The van der Waals surface area contributed by atoms with Gasteiger partial charge in [0.2, 0.25) is 5.91 Å². The van der Waals surface area contributed by atoms with E-state index in [1.54, 1.807) is 33.2 Å². The number of amides is 2. The second kappa shape index (κ2) is 21.8. The molecule has 0 bridgehead atoms. The Morgan fingerprint density at radius 1 is 0.962 bits per heavy atom. The van der Waals surface area contributed by atoms with Crippen LogP contribution in [0.1, 0.15) is 58.9 Å². The number of nitrogens with zero attached hydrogens (tertiary/aromatic N) is 5. The van der Waals surface area contributed by atoms with Crippen LogP contribution in [-0.2, 0) is 29.9 Å². The summed E-state index contributed by atoms with van der Waals surface area (Å²) in [5, 5.41) is 2.36. The van der Waals surface area contributed by atoms with Gasteiger partial charge in [-0.25, -0.2) is 15.0 Å². The van der Waals surface area contributed by atoms with E-state index < -0.39 is 17.6 Å². The van der Waals surface area contributed by atoms with E-state index in [1.165, 1.54) is 24.9 Å². The number of aromatic nitrogens is 3. The number of anilines is 2. The van der Waals surface area contributed by atoms with Crippen LogP contribution in [-0.4, -0.2) is 111 Å². The van der Waals surface area contributed by atoms with E-state index in [1.807, 2.05) is 4.90 Å². The third-order valence-corrected chi connectivity index (χ3v) is 7.92. The molecule has 2 aromatic heterocycles. The molecule has 1 atom stereocenters. The molecular weight excluding hydrogens is 683 g/mol. The van der Waals surface area contributed by atoms with Crippen LogP contribution in [0.2, 0.25) is 0 Å². The Labute approximate surface area is 302 Å². The van der Waals surface area contributed by atoms with Gasteiger partial charge in [0, 0.05) is 44.6 Å². The minimum atomic E-state index is -4.53. The Hall–Kier alpha value is -4.51. The van der Waals surface area contributed by atoms with Gasteiger partial charge in [-0.3, -0.25) is 14.6 Å². The van der Waals surface area contributed by atoms with Crippen LogP contribution >= 0.6 is 0 Å². The normalized spacial score (nSPS) is 14.8. The number of ether oxygens (including phenoxy) is 4. The Morgan fingerprint density at radius 3 is 2.19 bits per heavy atom. The molecule has 1 saturated heterocycles. The standard InChI is InChI=1S/C20H17F3N6O.C16H31NO5/c1-11-16(18(24)28-10-27-11)17(25-2)12-3-5-13(6-4-12)19(30)29-15-9-14(7-8-26-15)20(21,22)23;1-15-4-3-6-17(14-15)16(18)5-7-20-10-11-22-13-12-21-9-8-19-2/h3-10H,1-2H3,(H2,24,27,28)(H,26,29,30);15H,3-14H2,1-2H3. The number of carbonyl (C=O) groups excluding carboxylic acids is 2. The van der Waals surface area contributed by atoms with Crippen molar-refractivity contribution in [2.24, 2.45) is 10.9 Å². The summed E-state index contributed by atoms with van der Waals surface area (Å²) in [6, 6.07) is 7.97. The number of piperidine rings is 1. The molecule has 1 fully saturated rings. The molecule has 1 unspecified atom stereocenters. The molecule has 13 nitrogen and oxygen atoms in total. The zero-order valence-electron chi connectivity index (χ0n) is 30.1. The molecule has 0 aliphatic carbocycles. The average Bonchev–Trinajstić information content (AvgIpc) is 3.12. The number of aliphatic imine (C=N–C) groups is 1. The molecule has 52 heavy (non-hydrogen) atoms. The van der Waals surface area contributed by atoms with Gasteiger partial charge in [-0.15, -0.1) is 0 Å². The lowest BCUT2D eigenvalue weighted by Gasteiger charge is -2.31. The molecule has 1 aliphatic rings. The smallest absolute Gasteiger partial charge is 0.383 e. The van der Waals surface area contributed by atoms with Gasteiger partial charge in [-0.2, -0.15) is 13.2 Å². The lowest BCUT2D eigenvalue weighted by molar-refractivity contribution is -0.137. The third kappa shape index (κ3) is 13.9. The van der Waals surface area contributed by atoms with Gasteiger partial charge in [0.1, 0.15) is 18.0 Å². The third-order valence-electron chi connectivity index (χ3n) is 7.92. The van der Waals surface area contributed by atoms with Gasteiger partial charge < -0.3 is 34.9 Å². The molecule has 3 aromatic rings.